The summed E-state index contributed by atoms with van der Waals surface area (Å²) in [5.41, 5.74) is 0. The van der Waals surface area contributed by atoms with E-state index < -0.39 is 0 Å². The van der Waals surface area contributed by atoms with Gasteiger partial charge in [0.2, 0.25) is 0 Å². The van der Waals surface area contributed by atoms with Crippen molar-refractivity contribution in [1.82, 2.24) is 0 Å². The van der Waals surface area contributed by atoms with Gasteiger partial charge in [-0.3, -0.25) is 0 Å². The maximum absolute atomic E-state index is 2.69. The van der Waals surface area contributed by atoms with Gasteiger partial charge in [0, 0.05) is 0 Å². The zero-order valence-corrected chi connectivity index (χ0v) is 9.26. The average molecular weight is 305 g/mol. The summed E-state index contributed by atoms with van der Waals surface area (Å²) in [6.07, 6.45) is 2.00. The van der Waals surface area contributed by atoms with Gasteiger partial charge in [-0.25, -0.2) is 0 Å². The molecule has 7 heavy (non-hydrogen) atoms. The fraction of sp³-hybridized carbons (Fsp3) is 0.600. The second-order valence-electron chi connectivity index (χ2n) is 0.801. The van der Waals surface area contributed by atoms with Crippen LogP contribution >= 0.6 is 0 Å². The number of hydrogen-bond acceptors (Lipinski definition) is 0. The van der Waals surface area contributed by atoms with Gasteiger partial charge in [-0.1, -0.05) is 0 Å². The van der Waals surface area contributed by atoms with Crippen molar-refractivity contribution in [2.24, 2.45) is 0 Å². The van der Waals surface area contributed by atoms with Crippen LogP contribution in [0.1, 0.15) is 20.8 Å². The summed E-state index contributed by atoms with van der Waals surface area (Å²) < 4.78 is 2.69. The normalized spacial score (nSPS) is 4.29. The fourth-order valence-corrected chi connectivity index (χ4v) is 0. The first-order valence-electron chi connectivity index (χ1n) is 1.88. The van der Waals surface area contributed by atoms with E-state index in [-0.39, 0.29) is 21.1 Å². The van der Waals surface area contributed by atoms with Gasteiger partial charge in [0.15, 0.2) is 0 Å². The predicted octanol–water partition coefficient (Wildman–Crippen LogP) is 1.46. The van der Waals surface area contributed by atoms with E-state index in [9.17, 15) is 0 Å². The first-order chi connectivity index (χ1) is 2.83. The van der Waals surface area contributed by atoms with Crippen LogP contribution in [-0.2, 0) is 38.0 Å². The van der Waals surface area contributed by atoms with Crippen LogP contribution in [0.5, 0.6) is 0 Å². The average Bonchev–Trinajstić information content (AvgIpc) is 1.39. The minimum atomic E-state index is 0. The molecule has 0 aromatic heterocycles. The number of rotatable bonds is 0. The van der Waals surface area contributed by atoms with Crippen molar-refractivity contribution in [2.75, 3.05) is 0 Å². The van der Waals surface area contributed by atoms with E-state index in [1.807, 2.05) is 27.2 Å². The van der Waals surface area contributed by atoms with Crippen LogP contribution in [0.2, 0.25) is 0 Å². The summed E-state index contributed by atoms with van der Waals surface area (Å²) >= 11 is 2.22. The monoisotopic (exact) mass is 305 g/mol. The van der Waals surface area contributed by atoms with Crippen LogP contribution in [0.3, 0.4) is 0 Å². The van der Waals surface area contributed by atoms with Crippen molar-refractivity contribution in [1.29, 1.82) is 0 Å². The second-order valence-corrected chi connectivity index (χ2v) is 1.50. The van der Waals surface area contributed by atoms with Gasteiger partial charge in [-0.2, -0.15) is 13.8 Å². The molecule has 0 saturated heterocycles. The molecule has 0 rings (SSSR count). The third-order valence-electron chi connectivity index (χ3n) is 0. The first-order valence-corrected chi connectivity index (χ1v) is 2.58. The van der Waals surface area contributed by atoms with Gasteiger partial charge < -0.3 is 6.42 Å². The molecule has 0 radical (unpaired) electrons. The third kappa shape index (κ3) is 145. The van der Waals surface area contributed by atoms with Crippen molar-refractivity contribution >= 4 is 4.73 Å². The molecule has 0 aliphatic heterocycles. The van der Waals surface area contributed by atoms with E-state index >= 15 is 0 Å². The smallest absolute Gasteiger partial charge is 0.335 e. The molecule has 0 saturated carbocycles. The zero-order chi connectivity index (χ0) is 5.41. The molecule has 0 spiro atoms. The van der Waals surface area contributed by atoms with E-state index in [0.29, 0.717) is 0 Å². The summed E-state index contributed by atoms with van der Waals surface area (Å²) in [5.74, 6) is 0. The topological polar surface area (TPSA) is 0 Å². The van der Waals surface area contributed by atoms with Gasteiger partial charge in [0.05, 0.1) is 0 Å². The van der Waals surface area contributed by atoms with Gasteiger partial charge in [0.1, 0.15) is 0 Å². The van der Waals surface area contributed by atoms with E-state index in [1.54, 1.807) is 0 Å². The molecule has 0 amide bonds. The summed E-state index contributed by atoms with van der Waals surface area (Å²) in [6.45, 7) is 5.85. The van der Waals surface area contributed by atoms with E-state index in [0.717, 1.165) is 0 Å². The quantitative estimate of drug-likeness (QED) is 0.595. The van der Waals surface area contributed by atoms with Crippen LogP contribution in [0, 0.1) is 6.42 Å². The van der Waals surface area contributed by atoms with Crippen molar-refractivity contribution < 1.29 is 38.0 Å². The molecule has 0 N–H and O–H groups in total. The summed E-state index contributed by atoms with van der Waals surface area (Å²) in [7, 11) is 0. The Morgan fingerprint density at radius 3 is 1.43 bits per heavy atom. The predicted molar refractivity (Wildman–Crippen MR) is 26.3 cm³/mol. The van der Waals surface area contributed by atoms with Gasteiger partial charge in [-0.15, -0.1) is 0 Å². The zero-order valence-electron chi connectivity index (χ0n) is 4.93. The fourth-order valence-electron chi connectivity index (χ4n) is 0. The van der Waals surface area contributed by atoms with E-state index in [1.165, 1.54) is 0 Å². The molecule has 2 heteroatoms. The molecular weight excluding hydrogens is 295 g/mol. The minimum Gasteiger partial charge on any atom is -0.335 e. The summed E-state index contributed by atoms with van der Waals surface area (Å²) in [6, 6.07) is 0. The molecule has 0 unspecified atom stereocenters. The molecule has 0 aliphatic carbocycles. The molecule has 0 aromatic carbocycles. The Bertz CT molecular complexity index is 22.0. The molecule has 0 heterocycles. The van der Waals surface area contributed by atoms with Crippen molar-refractivity contribution in [2.45, 2.75) is 20.8 Å². The SMILES string of the molecule is C[C-]=[V].C[CH-]C.[W+2]. The van der Waals surface area contributed by atoms with E-state index in [2.05, 4.69) is 21.7 Å². The maximum atomic E-state index is 2.69. The molecule has 0 fully saturated rings. The van der Waals surface area contributed by atoms with Crippen LogP contribution in [0.25, 0.3) is 0 Å². The summed E-state index contributed by atoms with van der Waals surface area (Å²) in [4.78, 5) is 0. The Hall–Kier alpha value is 1.14. The van der Waals surface area contributed by atoms with Crippen LogP contribution in [-0.4, -0.2) is 4.73 Å². The molecule has 0 nitrogen and oxygen atoms in total. The third-order valence-corrected chi connectivity index (χ3v) is 0. The molecule has 0 bridgehead atoms. The first kappa shape index (κ1) is 15.7. The van der Waals surface area contributed by atoms with Gasteiger partial charge in [0.25, 0.3) is 0 Å². The Kier molecular flexibility index (Phi) is 61.2. The Labute approximate surface area is 69.8 Å². The Morgan fingerprint density at radius 2 is 1.43 bits per heavy atom. The van der Waals surface area contributed by atoms with Crippen LogP contribution < -0.4 is 0 Å². The van der Waals surface area contributed by atoms with Crippen LogP contribution in [0.4, 0.5) is 0 Å². The maximum Gasteiger partial charge on any atom is 2.00 e. The Balaban J connectivity index is -0.0000000400. The van der Waals surface area contributed by atoms with E-state index in [4.69, 9.17) is 0 Å². The summed E-state index contributed by atoms with van der Waals surface area (Å²) in [5, 5.41) is 0. The number of hydrogen-bond donors (Lipinski definition) is 0. The Morgan fingerprint density at radius 1 is 1.43 bits per heavy atom. The van der Waals surface area contributed by atoms with Crippen LogP contribution in [0.15, 0.2) is 0 Å². The van der Waals surface area contributed by atoms with Gasteiger partial charge in [-0.05, 0) is 0 Å². The minimum absolute atomic E-state index is 0. The molecule has 0 aliphatic rings. The molecule has 41 valence electrons. The van der Waals surface area contributed by atoms with Crippen molar-refractivity contribution in [3.8, 4) is 0 Å². The molecular formula is C5H10VW. The standard InChI is InChI=1S/C3H7.C2H3.V.W/c1-3-2;1-2;;/h3H,1-2H3;1H3;;/q2*-1;;+2. The van der Waals surface area contributed by atoms with Crippen molar-refractivity contribution in [3.05, 3.63) is 6.42 Å². The largest absolute Gasteiger partial charge is 2.00 e. The second kappa shape index (κ2) is 27.3. The van der Waals surface area contributed by atoms with Gasteiger partial charge >= 0.3 is 49.7 Å². The molecule has 0 atom stereocenters. The van der Waals surface area contributed by atoms with Crippen molar-refractivity contribution in [3.63, 3.8) is 0 Å². The molecule has 0 aromatic rings.